The second kappa shape index (κ2) is 5.61. The highest BCUT2D eigenvalue weighted by molar-refractivity contribution is 5.20. The zero-order chi connectivity index (χ0) is 14.0. The van der Waals surface area contributed by atoms with E-state index in [-0.39, 0.29) is 11.4 Å². The molecule has 1 saturated heterocycles. The number of rotatable bonds is 3. The first kappa shape index (κ1) is 13.9. The molecule has 0 radical (unpaired) electrons. The van der Waals surface area contributed by atoms with Crippen molar-refractivity contribution in [2.75, 3.05) is 20.1 Å². The average Bonchev–Trinajstić information content (AvgIpc) is 2.38. The van der Waals surface area contributed by atoms with Gasteiger partial charge in [0.2, 0.25) is 5.88 Å². The zero-order valence-electron chi connectivity index (χ0n) is 11.5. The first-order chi connectivity index (χ1) is 8.99. The van der Waals surface area contributed by atoms with Crippen LogP contribution in [0.3, 0.4) is 0 Å². The first-order valence-corrected chi connectivity index (χ1v) is 6.70. The number of nitrogens with one attached hydrogen (secondary N) is 1. The van der Waals surface area contributed by atoms with E-state index in [2.05, 4.69) is 16.9 Å². The summed E-state index contributed by atoms with van der Waals surface area (Å²) in [6.07, 6.45) is 3.09. The molecule has 2 N–H and O–H groups in total. The van der Waals surface area contributed by atoms with Gasteiger partial charge in [0.05, 0.1) is 5.56 Å². The summed E-state index contributed by atoms with van der Waals surface area (Å²) >= 11 is 0. The number of H-pyrrole nitrogens is 1. The molecule has 2 rings (SSSR count). The SMILES string of the molecule is Cc1c(O)n(CCC2CCN(C)CC2)c(=O)[nH]c1=O. The van der Waals surface area contributed by atoms with Crippen molar-refractivity contribution in [3.05, 3.63) is 26.4 Å². The topological polar surface area (TPSA) is 78.3 Å². The summed E-state index contributed by atoms with van der Waals surface area (Å²) in [5.41, 5.74) is -0.845. The van der Waals surface area contributed by atoms with Crippen LogP contribution in [0.1, 0.15) is 24.8 Å². The quantitative estimate of drug-likeness (QED) is 0.824. The van der Waals surface area contributed by atoms with E-state index in [1.54, 1.807) is 0 Å². The Balaban J connectivity index is 2.06. The lowest BCUT2D eigenvalue weighted by Gasteiger charge is -2.29. The molecule has 0 unspecified atom stereocenters. The van der Waals surface area contributed by atoms with Gasteiger partial charge in [0.15, 0.2) is 0 Å². The van der Waals surface area contributed by atoms with E-state index < -0.39 is 11.2 Å². The van der Waals surface area contributed by atoms with Gasteiger partial charge >= 0.3 is 5.69 Å². The normalized spacial score (nSPS) is 17.8. The van der Waals surface area contributed by atoms with Gasteiger partial charge in [0.25, 0.3) is 5.56 Å². The molecular formula is C13H21N3O3. The minimum Gasteiger partial charge on any atom is -0.494 e. The van der Waals surface area contributed by atoms with Crippen LogP contribution in [0.5, 0.6) is 5.88 Å². The fourth-order valence-electron chi connectivity index (χ4n) is 2.53. The van der Waals surface area contributed by atoms with Gasteiger partial charge in [0.1, 0.15) is 0 Å². The third-order valence-corrected chi connectivity index (χ3v) is 4.00. The highest BCUT2D eigenvalue weighted by Crippen LogP contribution is 2.21. The molecule has 0 aliphatic carbocycles. The van der Waals surface area contributed by atoms with E-state index in [9.17, 15) is 14.7 Å². The summed E-state index contributed by atoms with van der Waals surface area (Å²) in [6.45, 7) is 4.13. The van der Waals surface area contributed by atoms with Gasteiger partial charge in [-0.25, -0.2) is 4.79 Å². The van der Waals surface area contributed by atoms with Crippen molar-refractivity contribution in [2.24, 2.45) is 5.92 Å². The van der Waals surface area contributed by atoms with Crippen LogP contribution in [0, 0.1) is 12.8 Å². The lowest BCUT2D eigenvalue weighted by molar-refractivity contribution is 0.205. The molecule has 0 spiro atoms. The fraction of sp³-hybridized carbons (Fsp3) is 0.692. The van der Waals surface area contributed by atoms with Crippen molar-refractivity contribution in [1.82, 2.24) is 14.5 Å². The molecular weight excluding hydrogens is 246 g/mol. The van der Waals surface area contributed by atoms with Crippen molar-refractivity contribution in [1.29, 1.82) is 0 Å². The molecule has 0 amide bonds. The molecule has 1 aromatic heterocycles. The molecule has 0 aromatic carbocycles. The lowest BCUT2D eigenvalue weighted by atomic mass is 9.94. The second-order valence-electron chi connectivity index (χ2n) is 5.39. The van der Waals surface area contributed by atoms with Crippen molar-refractivity contribution in [3.63, 3.8) is 0 Å². The molecule has 1 aliphatic heterocycles. The summed E-state index contributed by atoms with van der Waals surface area (Å²) in [7, 11) is 2.11. The highest BCUT2D eigenvalue weighted by Gasteiger charge is 2.18. The molecule has 19 heavy (non-hydrogen) atoms. The van der Waals surface area contributed by atoms with Crippen molar-refractivity contribution in [2.45, 2.75) is 32.7 Å². The van der Waals surface area contributed by atoms with Crippen molar-refractivity contribution < 1.29 is 5.11 Å². The Morgan fingerprint density at radius 2 is 1.95 bits per heavy atom. The Hall–Kier alpha value is -1.56. The van der Waals surface area contributed by atoms with Crippen LogP contribution in [-0.4, -0.2) is 39.7 Å². The maximum atomic E-state index is 11.7. The fourth-order valence-corrected chi connectivity index (χ4v) is 2.53. The number of nitrogens with zero attached hydrogens (tertiary/aromatic N) is 2. The second-order valence-corrected chi connectivity index (χ2v) is 5.39. The van der Waals surface area contributed by atoms with E-state index in [0.29, 0.717) is 12.5 Å². The van der Waals surface area contributed by atoms with E-state index in [4.69, 9.17) is 0 Å². The van der Waals surface area contributed by atoms with Crippen LogP contribution < -0.4 is 11.2 Å². The molecule has 0 bridgehead atoms. The van der Waals surface area contributed by atoms with Crippen LogP contribution in [0.15, 0.2) is 9.59 Å². The Morgan fingerprint density at radius 3 is 2.58 bits per heavy atom. The van der Waals surface area contributed by atoms with Gasteiger partial charge in [-0.3, -0.25) is 14.3 Å². The van der Waals surface area contributed by atoms with Crippen molar-refractivity contribution >= 4 is 0 Å². The average molecular weight is 267 g/mol. The predicted molar refractivity (Wildman–Crippen MR) is 72.6 cm³/mol. The number of aromatic nitrogens is 2. The number of aromatic hydroxyl groups is 1. The van der Waals surface area contributed by atoms with Crippen LogP contribution in [-0.2, 0) is 6.54 Å². The third-order valence-electron chi connectivity index (χ3n) is 4.00. The van der Waals surface area contributed by atoms with Gasteiger partial charge in [0, 0.05) is 6.54 Å². The van der Waals surface area contributed by atoms with Crippen LogP contribution in [0.4, 0.5) is 0 Å². The molecule has 0 atom stereocenters. The summed E-state index contributed by atoms with van der Waals surface area (Å²) in [5, 5.41) is 9.87. The van der Waals surface area contributed by atoms with E-state index in [1.807, 2.05) is 0 Å². The number of aromatic amines is 1. The third kappa shape index (κ3) is 3.07. The Labute approximate surface area is 111 Å². The number of piperidine rings is 1. The molecule has 106 valence electrons. The van der Waals surface area contributed by atoms with Crippen LogP contribution in [0.2, 0.25) is 0 Å². The van der Waals surface area contributed by atoms with Crippen molar-refractivity contribution in [3.8, 4) is 5.88 Å². The van der Waals surface area contributed by atoms with Gasteiger partial charge in [-0.1, -0.05) is 0 Å². The maximum Gasteiger partial charge on any atom is 0.331 e. The molecule has 1 aliphatic rings. The number of likely N-dealkylation sites (tertiary alicyclic amines) is 1. The lowest BCUT2D eigenvalue weighted by Crippen LogP contribution is -2.33. The number of hydrogen-bond acceptors (Lipinski definition) is 4. The Morgan fingerprint density at radius 1 is 1.32 bits per heavy atom. The monoisotopic (exact) mass is 267 g/mol. The maximum absolute atomic E-state index is 11.7. The molecule has 6 heteroatoms. The Kier molecular flexibility index (Phi) is 4.09. The largest absolute Gasteiger partial charge is 0.494 e. The molecule has 6 nitrogen and oxygen atoms in total. The molecule has 1 aromatic rings. The Bertz CT molecular complexity index is 553. The van der Waals surface area contributed by atoms with E-state index >= 15 is 0 Å². The summed E-state index contributed by atoms with van der Waals surface area (Å²) in [4.78, 5) is 27.5. The highest BCUT2D eigenvalue weighted by atomic mass is 16.3. The first-order valence-electron chi connectivity index (χ1n) is 6.70. The smallest absolute Gasteiger partial charge is 0.331 e. The standard InChI is InChI=1S/C13H21N3O3/c1-9-11(17)14-13(19)16(12(9)18)8-5-10-3-6-15(2)7-4-10/h10,18H,3-8H2,1-2H3,(H,14,17,19). The van der Waals surface area contributed by atoms with E-state index in [0.717, 1.165) is 32.4 Å². The van der Waals surface area contributed by atoms with Gasteiger partial charge in [-0.05, 0) is 52.2 Å². The zero-order valence-corrected chi connectivity index (χ0v) is 11.5. The van der Waals surface area contributed by atoms with Crippen LogP contribution >= 0.6 is 0 Å². The van der Waals surface area contributed by atoms with Crippen LogP contribution in [0.25, 0.3) is 0 Å². The summed E-state index contributed by atoms with van der Waals surface area (Å²) in [6, 6.07) is 0. The summed E-state index contributed by atoms with van der Waals surface area (Å²) < 4.78 is 1.26. The summed E-state index contributed by atoms with van der Waals surface area (Å²) in [5.74, 6) is 0.372. The number of hydrogen-bond donors (Lipinski definition) is 2. The van der Waals surface area contributed by atoms with Gasteiger partial charge in [-0.15, -0.1) is 0 Å². The molecule has 1 fully saturated rings. The minimum atomic E-state index is -0.527. The molecule has 2 heterocycles. The van der Waals surface area contributed by atoms with E-state index in [1.165, 1.54) is 11.5 Å². The minimum absolute atomic E-state index is 0.197. The van der Waals surface area contributed by atoms with Gasteiger partial charge < -0.3 is 10.0 Å². The predicted octanol–water partition coefficient (Wildman–Crippen LogP) is 0.283. The van der Waals surface area contributed by atoms with Gasteiger partial charge in [-0.2, -0.15) is 0 Å². The molecule has 0 saturated carbocycles.